The highest BCUT2D eigenvalue weighted by Crippen LogP contribution is 2.29. The molecule has 0 radical (unpaired) electrons. The van der Waals surface area contributed by atoms with Gasteiger partial charge in [-0.2, -0.15) is 0 Å². The lowest BCUT2D eigenvalue weighted by atomic mass is 10.0. The van der Waals surface area contributed by atoms with E-state index in [1.165, 1.54) is 32.2 Å². The van der Waals surface area contributed by atoms with Crippen LogP contribution in [0.2, 0.25) is 0 Å². The van der Waals surface area contributed by atoms with Crippen LogP contribution in [0.4, 0.5) is 45.8 Å². The average Bonchev–Trinajstić information content (AvgIpc) is 3.00. The van der Waals surface area contributed by atoms with E-state index >= 15 is 13.2 Å². The number of anilines is 4. The number of piperazine rings is 1. The summed E-state index contributed by atoms with van der Waals surface area (Å²) in [6.07, 6.45) is -0.0951. The molecule has 4 rings (SSSR count). The van der Waals surface area contributed by atoms with E-state index < -0.39 is 46.6 Å². The Kier molecular flexibility index (Phi) is 10.4. The summed E-state index contributed by atoms with van der Waals surface area (Å²) in [4.78, 5) is 52.5. The first kappa shape index (κ1) is 35.1. The minimum Gasteiger partial charge on any atom is -0.465 e. The molecule has 3 N–H and O–H groups in total. The summed E-state index contributed by atoms with van der Waals surface area (Å²) in [5.41, 5.74) is -1.22. The number of nitrogens with zero attached hydrogens (tertiary/aromatic N) is 6. The lowest BCUT2D eigenvalue weighted by molar-refractivity contribution is 0.101. The summed E-state index contributed by atoms with van der Waals surface area (Å²) in [6.45, 7) is 10.8. The summed E-state index contributed by atoms with van der Waals surface area (Å²) in [5.74, 6) is -5.02. The third-order valence-corrected chi connectivity index (χ3v) is 8.00. The van der Waals surface area contributed by atoms with Crippen LogP contribution in [0.15, 0.2) is 30.6 Å². The topological polar surface area (TPSA) is 134 Å². The predicted molar refractivity (Wildman–Crippen MR) is 173 cm³/mol. The number of urea groups is 1. The summed E-state index contributed by atoms with van der Waals surface area (Å²) < 4.78 is 45.9. The molecule has 0 aliphatic carbocycles. The molecular weight excluding hydrogens is 617 g/mol. The first-order valence-corrected chi connectivity index (χ1v) is 14.9. The molecule has 15 heteroatoms. The summed E-state index contributed by atoms with van der Waals surface area (Å²) in [6, 6.07) is 5.11. The molecule has 1 aliphatic rings. The summed E-state index contributed by atoms with van der Waals surface area (Å²) in [5, 5.41) is 14.8. The van der Waals surface area contributed by atoms with Gasteiger partial charge in [0.1, 0.15) is 29.3 Å². The van der Waals surface area contributed by atoms with Gasteiger partial charge in [0, 0.05) is 68.3 Å². The number of halogens is 3. The van der Waals surface area contributed by atoms with Crippen LogP contribution in [-0.2, 0) is 6.54 Å². The van der Waals surface area contributed by atoms with Crippen LogP contribution >= 0.6 is 0 Å². The molecule has 1 aromatic heterocycles. The number of carboxylic acid groups (broad SMARTS) is 1. The number of rotatable bonds is 7. The predicted octanol–water partition coefficient (Wildman–Crippen LogP) is 5.46. The number of benzene rings is 2. The van der Waals surface area contributed by atoms with E-state index in [2.05, 4.69) is 25.5 Å². The molecule has 0 unspecified atom stereocenters. The Morgan fingerprint density at radius 3 is 2.19 bits per heavy atom. The molecular formula is C32H39F3N8O4. The van der Waals surface area contributed by atoms with Crippen molar-refractivity contribution in [3.05, 3.63) is 70.3 Å². The van der Waals surface area contributed by atoms with Gasteiger partial charge in [0.2, 0.25) is 0 Å². The smallest absolute Gasteiger partial charge is 0.413 e. The molecule has 252 valence electrons. The maximum atomic E-state index is 15.4. The number of amides is 4. The van der Waals surface area contributed by atoms with E-state index in [0.29, 0.717) is 18.7 Å². The SMILES string of the molecule is Cc1ccc(NC(=O)c2c(F)c(C)c(CN3CCN(C)CC3)c(F)c2F)cc1NC(=O)N(C)c1cc(N(C(=O)O)C(C)(C)C)ncn1. The first-order chi connectivity index (χ1) is 22.0. The monoisotopic (exact) mass is 656 g/mol. The largest absolute Gasteiger partial charge is 0.465 e. The molecule has 0 bridgehead atoms. The molecule has 1 aliphatic heterocycles. The summed E-state index contributed by atoms with van der Waals surface area (Å²) in [7, 11) is 3.38. The molecule has 1 saturated heterocycles. The van der Waals surface area contributed by atoms with Crippen molar-refractivity contribution in [2.75, 3.05) is 60.7 Å². The van der Waals surface area contributed by atoms with E-state index in [0.717, 1.165) is 29.2 Å². The Morgan fingerprint density at radius 2 is 1.57 bits per heavy atom. The van der Waals surface area contributed by atoms with E-state index in [1.54, 1.807) is 33.8 Å². The third kappa shape index (κ3) is 7.80. The van der Waals surface area contributed by atoms with Crippen LogP contribution in [0.25, 0.3) is 0 Å². The highest BCUT2D eigenvalue weighted by Gasteiger charge is 2.31. The van der Waals surface area contributed by atoms with Crippen LogP contribution in [0.3, 0.4) is 0 Å². The molecule has 1 fully saturated rings. The minimum atomic E-state index is -1.57. The Hall–Kier alpha value is -4.76. The van der Waals surface area contributed by atoms with Gasteiger partial charge in [-0.05, 0) is 64.9 Å². The fourth-order valence-electron chi connectivity index (χ4n) is 5.14. The fourth-order valence-corrected chi connectivity index (χ4v) is 5.14. The van der Waals surface area contributed by atoms with E-state index in [4.69, 9.17) is 0 Å². The van der Waals surface area contributed by atoms with Crippen molar-refractivity contribution in [2.45, 2.75) is 46.7 Å². The average molecular weight is 657 g/mol. The maximum Gasteiger partial charge on any atom is 0.413 e. The molecule has 2 heterocycles. The Bertz CT molecular complexity index is 1660. The van der Waals surface area contributed by atoms with Gasteiger partial charge in [-0.15, -0.1) is 0 Å². The molecule has 0 atom stereocenters. The van der Waals surface area contributed by atoms with Gasteiger partial charge in [0.05, 0.1) is 0 Å². The molecule has 0 saturated carbocycles. The van der Waals surface area contributed by atoms with Gasteiger partial charge in [0.25, 0.3) is 5.91 Å². The van der Waals surface area contributed by atoms with Crippen molar-refractivity contribution in [3.8, 4) is 0 Å². The zero-order chi connectivity index (χ0) is 34.8. The second kappa shape index (κ2) is 13.9. The van der Waals surface area contributed by atoms with Crippen LogP contribution in [0.5, 0.6) is 0 Å². The second-order valence-corrected chi connectivity index (χ2v) is 12.5. The van der Waals surface area contributed by atoms with Gasteiger partial charge in [0.15, 0.2) is 11.6 Å². The Labute approximate surface area is 271 Å². The first-order valence-electron chi connectivity index (χ1n) is 14.9. The number of hydrogen-bond acceptors (Lipinski definition) is 7. The van der Waals surface area contributed by atoms with Crippen molar-refractivity contribution in [1.29, 1.82) is 0 Å². The lowest BCUT2D eigenvalue weighted by Crippen LogP contribution is -2.45. The molecule has 2 aromatic carbocycles. The van der Waals surface area contributed by atoms with Gasteiger partial charge in [-0.25, -0.2) is 32.7 Å². The van der Waals surface area contributed by atoms with Crippen molar-refractivity contribution in [3.63, 3.8) is 0 Å². The molecule has 3 aromatic rings. The van der Waals surface area contributed by atoms with Crippen molar-refractivity contribution in [2.24, 2.45) is 0 Å². The maximum absolute atomic E-state index is 15.4. The van der Waals surface area contributed by atoms with E-state index in [9.17, 15) is 19.5 Å². The van der Waals surface area contributed by atoms with Crippen LogP contribution in [-0.4, -0.2) is 88.7 Å². The van der Waals surface area contributed by atoms with Crippen LogP contribution in [0.1, 0.15) is 47.8 Å². The molecule has 4 amide bonds. The number of aromatic nitrogens is 2. The van der Waals surface area contributed by atoms with Crippen molar-refractivity contribution < 1.29 is 32.7 Å². The van der Waals surface area contributed by atoms with E-state index in [-0.39, 0.29) is 40.7 Å². The zero-order valence-corrected chi connectivity index (χ0v) is 27.4. The standard InChI is InChI=1S/C32H39F3N8O4/c1-18-8-9-20(14-22(18)39-30(45)41(7)23-15-24(37-17-36-23)43(31(46)47)32(3,4)5)38-29(44)25-26(33)19(2)21(27(34)28(25)35)16-42-12-10-40(6)11-13-42/h8-9,14-15,17H,10-13,16H2,1-7H3,(H,38,44)(H,39,45)(H,46,47). The molecule has 0 spiro atoms. The van der Waals surface area contributed by atoms with Gasteiger partial charge in [-0.3, -0.25) is 19.5 Å². The zero-order valence-electron chi connectivity index (χ0n) is 27.4. The normalized spacial score (nSPS) is 14.1. The minimum absolute atomic E-state index is 0.0153. The van der Waals surface area contributed by atoms with Crippen molar-refractivity contribution >= 4 is 41.0 Å². The highest BCUT2D eigenvalue weighted by atomic mass is 19.2. The van der Waals surface area contributed by atoms with Crippen LogP contribution < -0.4 is 20.4 Å². The summed E-state index contributed by atoms with van der Waals surface area (Å²) >= 11 is 0. The van der Waals surface area contributed by atoms with Gasteiger partial charge < -0.3 is 20.6 Å². The lowest BCUT2D eigenvalue weighted by Gasteiger charge is -2.32. The second-order valence-electron chi connectivity index (χ2n) is 12.5. The number of carbonyl (C=O) groups is 3. The number of carbonyl (C=O) groups excluding carboxylic acids is 2. The fraction of sp³-hybridized carbons (Fsp3) is 0.406. The van der Waals surface area contributed by atoms with Gasteiger partial charge >= 0.3 is 12.1 Å². The number of nitrogens with one attached hydrogen (secondary N) is 2. The van der Waals surface area contributed by atoms with E-state index in [1.807, 2.05) is 11.9 Å². The Morgan fingerprint density at radius 1 is 0.936 bits per heavy atom. The third-order valence-electron chi connectivity index (χ3n) is 8.00. The molecule has 47 heavy (non-hydrogen) atoms. The van der Waals surface area contributed by atoms with Crippen molar-refractivity contribution in [1.82, 2.24) is 19.8 Å². The number of likely N-dealkylation sites (N-methyl/N-ethyl adjacent to an activating group) is 1. The Balaban J connectivity index is 1.52. The quantitative estimate of drug-likeness (QED) is 0.286. The van der Waals surface area contributed by atoms with Gasteiger partial charge in [-0.1, -0.05) is 6.07 Å². The highest BCUT2D eigenvalue weighted by molar-refractivity contribution is 6.06. The molecule has 12 nitrogen and oxygen atoms in total. The number of aryl methyl sites for hydroxylation is 1. The number of hydrogen-bond donors (Lipinski definition) is 3. The van der Waals surface area contributed by atoms with Crippen LogP contribution in [0, 0.1) is 31.3 Å².